The molecule has 2 amide bonds. The summed E-state index contributed by atoms with van der Waals surface area (Å²) in [5.74, 6) is -2.85. The number of carbonyl (C=O) groups excluding carboxylic acids is 3. The molecule has 0 saturated heterocycles. The van der Waals surface area contributed by atoms with Gasteiger partial charge in [-0.05, 0) is 36.6 Å². The molecule has 138 valence electrons. The van der Waals surface area contributed by atoms with Gasteiger partial charge < -0.3 is 15.8 Å². The number of rotatable bonds is 6. The largest absolute Gasteiger partial charge is 0.465 e. The van der Waals surface area contributed by atoms with Crippen LogP contribution in [0.15, 0.2) is 24.3 Å². The molecule has 1 aromatic heterocycles. The Morgan fingerprint density at radius 3 is 2.58 bits per heavy atom. The molecule has 0 spiro atoms. The second kappa shape index (κ2) is 8.09. The summed E-state index contributed by atoms with van der Waals surface area (Å²) in [7, 11) is 1.20. The third-order valence-corrected chi connectivity index (χ3v) is 5.19. The summed E-state index contributed by atoms with van der Waals surface area (Å²) in [4.78, 5) is 36.5. The first-order chi connectivity index (χ1) is 12.3. The van der Waals surface area contributed by atoms with E-state index in [0.29, 0.717) is 17.5 Å². The lowest BCUT2D eigenvalue weighted by Crippen LogP contribution is -2.21. The van der Waals surface area contributed by atoms with Crippen molar-refractivity contribution in [2.75, 3.05) is 12.4 Å². The van der Waals surface area contributed by atoms with Crippen LogP contribution in [0.1, 0.15) is 50.4 Å². The highest BCUT2D eigenvalue weighted by molar-refractivity contribution is 7.18. The lowest BCUT2D eigenvalue weighted by molar-refractivity contribution is -0.117. The van der Waals surface area contributed by atoms with Crippen molar-refractivity contribution < 1.29 is 23.5 Å². The summed E-state index contributed by atoms with van der Waals surface area (Å²) in [6.45, 7) is 3.35. The number of hydrogen-bond acceptors (Lipinski definition) is 5. The molecule has 0 radical (unpaired) electrons. The Morgan fingerprint density at radius 2 is 2.04 bits per heavy atom. The Kier molecular flexibility index (Phi) is 6.10. The van der Waals surface area contributed by atoms with E-state index in [4.69, 9.17) is 10.5 Å². The SMILES string of the molecule is CCC(C(=O)Nc1sc(C(N)=O)c(C)c1C(=O)OC)c1cccc(F)c1. The fraction of sp³-hybridized carbons (Fsp3) is 0.278. The second-order valence-electron chi connectivity index (χ2n) is 5.62. The smallest absolute Gasteiger partial charge is 0.341 e. The molecule has 6 nitrogen and oxygen atoms in total. The predicted octanol–water partition coefficient (Wildman–Crippen LogP) is 3.21. The van der Waals surface area contributed by atoms with Gasteiger partial charge in [0.05, 0.1) is 23.5 Å². The quantitative estimate of drug-likeness (QED) is 0.754. The van der Waals surface area contributed by atoms with Crippen molar-refractivity contribution in [1.29, 1.82) is 0 Å². The fourth-order valence-electron chi connectivity index (χ4n) is 2.68. The maximum Gasteiger partial charge on any atom is 0.341 e. The molecule has 0 bridgehead atoms. The number of benzene rings is 1. The Labute approximate surface area is 154 Å². The maximum absolute atomic E-state index is 13.5. The van der Waals surface area contributed by atoms with Crippen LogP contribution in [-0.4, -0.2) is 24.9 Å². The fourth-order valence-corrected chi connectivity index (χ4v) is 3.73. The molecule has 0 saturated carbocycles. The molecule has 0 aliphatic carbocycles. The Morgan fingerprint density at radius 1 is 1.35 bits per heavy atom. The van der Waals surface area contributed by atoms with E-state index in [9.17, 15) is 18.8 Å². The molecule has 0 fully saturated rings. The van der Waals surface area contributed by atoms with Crippen LogP contribution in [0.5, 0.6) is 0 Å². The van der Waals surface area contributed by atoms with Gasteiger partial charge in [0.25, 0.3) is 5.91 Å². The molecule has 1 atom stereocenters. The van der Waals surface area contributed by atoms with Gasteiger partial charge >= 0.3 is 5.97 Å². The molecule has 1 unspecified atom stereocenters. The Bertz CT molecular complexity index is 863. The first-order valence-corrected chi connectivity index (χ1v) is 8.69. The van der Waals surface area contributed by atoms with Crippen molar-refractivity contribution in [2.45, 2.75) is 26.2 Å². The van der Waals surface area contributed by atoms with Crippen LogP contribution in [0.4, 0.5) is 9.39 Å². The van der Waals surface area contributed by atoms with Gasteiger partial charge in [-0.3, -0.25) is 9.59 Å². The van der Waals surface area contributed by atoms with Crippen LogP contribution in [0, 0.1) is 12.7 Å². The first kappa shape index (κ1) is 19.6. The molecule has 1 aromatic carbocycles. The number of ether oxygens (including phenoxy) is 1. The van der Waals surface area contributed by atoms with E-state index in [1.807, 2.05) is 0 Å². The predicted molar refractivity (Wildman–Crippen MR) is 97.0 cm³/mol. The van der Waals surface area contributed by atoms with Gasteiger partial charge in [0, 0.05) is 0 Å². The molecule has 8 heteroatoms. The van der Waals surface area contributed by atoms with E-state index in [0.717, 1.165) is 11.3 Å². The normalized spacial score (nSPS) is 11.7. The van der Waals surface area contributed by atoms with Gasteiger partial charge in [-0.1, -0.05) is 19.1 Å². The van der Waals surface area contributed by atoms with E-state index in [1.165, 1.54) is 25.3 Å². The number of halogens is 1. The van der Waals surface area contributed by atoms with E-state index >= 15 is 0 Å². The summed E-state index contributed by atoms with van der Waals surface area (Å²) in [5, 5.41) is 2.84. The topological polar surface area (TPSA) is 98.5 Å². The summed E-state index contributed by atoms with van der Waals surface area (Å²) in [6.07, 6.45) is 0.426. The van der Waals surface area contributed by atoms with Crippen LogP contribution in [0.3, 0.4) is 0 Å². The van der Waals surface area contributed by atoms with E-state index in [-0.39, 0.29) is 15.4 Å². The van der Waals surface area contributed by atoms with Gasteiger partial charge in [0.15, 0.2) is 0 Å². The van der Waals surface area contributed by atoms with Crippen molar-refractivity contribution >= 4 is 34.1 Å². The lowest BCUT2D eigenvalue weighted by Gasteiger charge is -2.15. The minimum Gasteiger partial charge on any atom is -0.465 e. The van der Waals surface area contributed by atoms with Crippen molar-refractivity contribution in [3.63, 3.8) is 0 Å². The lowest BCUT2D eigenvalue weighted by atomic mass is 9.95. The number of anilines is 1. The van der Waals surface area contributed by atoms with Crippen LogP contribution < -0.4 is 11.1 Å². The molecule has 2 rings (SSSR count). The maximum atomic E-state index is 13.5. The molecule has 1 heterocycles. The van der Waals surface area contributed by atoms with Crippen molar-refractivity contribution in [1.82, 2.24) is 0 Å². The molecule has 3 N–H and O–H groups in total. The molecular weight excluding hydrogens is 359 g/mol. The zero-order chi connectivity index (χ0) is 19.4. The monoisotopic (exact) mass is 378 g/mol. The highest BCUT2D eigenvalue weighted by Crippen LogP contribution is 2.34. The number of carbonyl (C=O) groups is 3. The number of amides is 2. The van der Waals surface area contributed by atoms with Gasteiger partial charge in [0.1, 0.15) is 10.8 Å². The number of nitrogens with two attached hydrogens (primary N) is 1. The van der Waals surface area contributed by atoms with Crippen molar-refractivity contribution in [3.05, 3.63) is 51.7 Å². The van der Waals surface area contributed by atoms with Crippen molar-refractivity contribution in [2.24, 2.45) is 5.73 Å². The number of primary amides is 1. The third kappa shape index (κ3) is 3.91. The molecular formula is C18H19FN2O4S. The van der Waals surface area contributed by atoms with Crippen LogP contribution in [0.2, 0.25) is 0 Å². The van der Waals surface area contributed by atoms with Gasteiger partial charge in [0.2, 0.25) is 5.91 Å². The zero-order valence-corrected chi connectivity index (χ0v) is 15.4. The van der Waals surface area contributed by atoms with Crippen LogP contribution >= 0.6 is 11.3 Å². The number of esters is 1. The third-order valence-electron chi connectivity index (χ3n) is 3.97. The number of methoxy groups -OCH3 is 1. The zero-order valence-electron chi connectivity index (χ0n) is 14.6. The minimum atomic E-state index is -0.699. The summed E-state index contributed by atoms with van der Waals surface area (Å²) < 4.78 is 18.2. The van der Waals surface area contributed by atoms with Gasteiger partial charge in [-0.2, -0.15) is 0 Å². The average Bonchev–Trinajstić information content (AvgIpc) is 2.91. The average molecular weight is 378 g/mol. The van der Waals surface area contributed by atoms with Crippen LogP contribution in [0.25, 0.3) is 0 Å². The molecule has 26 heavy (non-hydrogen) atoms. The first-order valence-electron chi connectivity index (χ1n) is 7.87. The minimum absolute atomic E-state index is 0.0914. The second-order valence-corrected chi connectivity index (χ2v) is 6.64. The van der Waals surface area contributed by atoms with Crippen molar-refractivity contribution in [3.8, 4) is 0 Å². The Hall–Kier alpha value is -2.74. The summed E-state index contributed by atoms with van der Waals surface area (Å²) >= 11 is 0.911. The van der Waals surface area contributed by atoms with Crippen LogP contribution in [-0.2, 0) is 9.53 Å². The summed E-state index contributed by atoms with van der Waals surface area (Å²) in [5.41, 5.74) is 6.29. The molecule has 0 aliphatic heterocycles. The Balaban J connectivity index is 2.40. The van der Waals surface area contributed by atoms with Gasteiger partial charge in [-0.15, -0.1) is 11.3 Å². The number of nitrogens with one attached hydrogen (secondary N) is 1. The number of hydrogen-bond donors (Lipinski definition) is 2. The van der Waals surface area contributed by atoms with E-state index in [2.05, 4.69) is 5.32 Å². The van der Waals surface area contributed by atoms with Gasteiger partial charge in [-0.25, -0.2) is 9.18 Å². The molecule has 0 aliphatic rings. The van der Waals surface area contributed by atoms with E-state index in [1.54, 1.807) is 19.9 Å². The highest BCUT2D eigenvalue weighted by atomic mass is 32.1. The van der Waals surface area contributed by atoms with E-state index < -0.39 is 29.5 Å². The molecule has 2 aromatic rings. The number of thiophene rings is 1. The summed E-state index contributed by atoms with van der Waals surface area (Å²) in [6, 6.07) is 5.78. The highest BCUT2D eigenvalue weighted by Gasteiger charge is 2.27. The standard InChI is InChI=1S/C18H19FN2O4S/c1-4-12(10-6-5-7-11(19)8-10)16(23)21-17-13(18(24)25-3)9(2)14(26-17)15(20)22/h5-8,12H,4H2,1-3H3,(H2,20,22)(H,21,23).